The number of anilines is 1. The number of carbonyl (C=O) groups excluding carboxylic acids is 2. The Morgan fingerprint density at radius 2 is 1.76 bits per heavy atom. The van der Waals surface area contributed by atoms with Crippen molar-refractivity contribution in [2.24, 2.45) is 5.92 Å². The molecule has 8 heteroatoms. The molecule has 6 rings (SSSR count). The monoisotopic (exact) mass is 510 g/mol. The van der Waals surface area contributed by atoms with Gasteiger partial charge in [0.1, 0.15) is 0 Å². The lowest BCUT2D eigenvalue weighted by molar-refractivity contribution is -0.142. The SMILES string of the molecule is O=C(O)CCC(=O)N(C1CC1)[C@H]1c2ccccc2N(C(=O)c2cccc(-c3ccnnc3)c2)[C@@H]2CCC[C@@H]21. The van der Waals surface area contributed by atoms with Crippen molar-refractivity contribution >= 4 is 23.5 Å². The van der Waals surface area contributed by atoms with Gasteiger partial charge in [-0.1, -0.05) is 36.8 Å². The van der Waals surface area contributed by atoms with Gasteiger partial charge in [0.25, 0.3) is 5.91 Å². The molecule has 1 aliphatic heterocycles. The fraction of sp³-hybridized carbons (Fsp3) is 0.367. The summed E-state index contributed by atoms with van der Waals surface area (Å²) < 4.78 is 0. The molecule has 194 valence electrons. The molecule has 2 aromatic carbocycles. The minimum atomic E-state index is -0.960. The Balaban J connectivity index is 1.39. The molecule has 0 bridgehead atoms. The molecular weight excluding hydrogens is 480 g/mol. The third-order valence-electron chi connectivity index (χ3n) is 8.11. The predicted molar refractivity (Wildman–Crippen MR) is 141 cm³/mol. The third kappa shape index (κ3) is 4.44. The average Bonchev–Trinajstić information content (AvgIpc) is 3.67. The van der Waals surface area contributed by atoms with Crippen LogP contribution in [0, 0.1) is 5.92 Å². The number of carbonyl (C=O) groups is 3. The Kier molecular flexibility index (Phi) is 6.39. The van der Waals surface area contributed by atoms with Crippen LogP contribution >= 0.6 is 0 Å². The molecule has 3 atom stereocenters. The molecule has 0 radical (unpaired) electrons. The van der Waals surface area contributed by atoms with Crippen LogP contribution in [-0.2, 0) is 9.59 Å². The summed E-state index contributed by atoms with van der Waals surface area (Å²) >= 11 is 0. The van der Waals surface area contributed by atoms with Gasteiger partial charge in [0.05, 0.1) is 24.9 Å². The van der Waals surface area contributed by atoms with Gasteiger partial charge in [-0.2, -0.15) is 10.2 Å². The second-order valence-electron chi connectivity index (χ2n) is 10.5. The minimum absolute atomic E-state index is 0.00118. The van der Waals surface area contributed by atoms with E-state index < -0.39 is 5.97 Å². The zero-order chi connectivity index (χ0) is 26.2. The van der Waals surface area contributed by atoms with Gasteiger partial charge >= 0.3 is 5.97 Å². The lowest BCUT2D eigenvalue weighted by Gasteiger charge is -2.48. The van der Waals surface area contributed by atoms with Crippen LogP contribution in [0.2, 0.25) is 0 Å². The summed E-state index contributed by atoms with van der Waals surface area (Å²) in [6.07, 6.45) is 7.81. The molecule has 0 spiro atoms. The van der Waals surface area contributed by atoms with E-state index in [4.69, 9.17) is 0 Å². The summed E-state index contributed by atoms with van der Waals surface area (Å²) in [5.41, 5.74) is 4.23. The molecule has 1 aromatic heterocycles. The number of hydrogen-bond donors (Lipinski definition) is 1. The second-order valence-corrected chi connectivity index (χ2v) is 10.5. The first-order chi connectivity index (χ1) is 18.5. The average molecular weight is 511 g/mol. The van der Waals surface area contributed by atoms with E-state index in [9.17, 15) is 19.5 Å². The fourth-order valence-electron chi connectivity index (χ4n) is 6.35. The largest absolute Gasteiger partial charge is 0.481 e. The smallest absolute Gasteiger partial charge is 0.303 e. The molecule has 0 saturated heterocycles. The maximum absolute atomic E-state index is 14.2. The lowest BCUT2D eigenvalue weighted by Crippen LogP contribution is -2.52. The van der Waals surface area contributed by atoms with Gasteiger partial charge < -0.3 is 14.9 Å². The normalized spacial score (nSPS) is 21.9. The van der Waals surface area contributed by atoms with Crippen molar-refractivity contribution in [1.29, 1.82) is 0 Å². The number of rotatable bonds is 7. The van der Waals surface area contributed by atoms with Gasteiger partial charge in [-0.05, 0) is 61.1 Å². The molecule has 2 aliphatic carbocycles. The Morgan fingerprint density at radius 3 is 2.53 bits per heavy atom. The number of hydrogen-bond acceptors (Lipinski definition) is 5. The molecule has 2 amide bonds. The minimum Gasteiger partial charge on any atom is -0.481 e. The van der Waals surface area contributed by atoms with Gasteiger partial charge in [0, 0.05) is 41.2 Å². The summed E-state index contributed by atoms with van der Waals surface area (Å²) in [5.74, 6) is -1.00. The summed E-state index contributed by atoms with van der Waals surface area (Å²) in [4.78, 5) is 42.7. The van der Waals surface area contributed by atoms with Gasteiger partial charge in [0.15, 0.2) is 0 Å². The highest BCUT2D eigenvalue weighted by atomic mass is 16.4. The van der Waals surface area contributed by atoms with Crippen LogP contribution in [0.3, 0.4) is 0 Å². The molecule has 8 nitrogen and oxygen atoms in total. The van der Waals surface area contributed by atoms with E-state index in [-0.39, 0.29) is 48.7 Å². The number of para-hydroxylation sites is 1. The lowest BCUT2D eigenvalue weighted by atomic mass is 9.81. The zero-order valence-corrected chi connectivity index (χ0v) is 21.1. The first-order valence-corrected chi connectivity index (χ1v) is 13.4. The van der Waals surface area contributed by atoms with E-state index in [1.807, 2.05) is 64.4 Å². The Morgan fingerprint density at radius 1 is 0.921 bits per heavy atom. The van der Waals surface area contributed by atoms with E-state index in [1.54, 1.807) is 12.4 Å². The fourth-order valence-corrected chi connectivity index (χ4v) is 6.35. The number of aromatic nitrogens is 2. The Labute approximate surface area is 221 Å². The van der Waals surface area contributed by atoms with Crippen molar-refractivity contribution < 1.29 is 19.5 Å². The maximum atomic E-state index is 14.2. The quantitative estimate of drug-likeness (QED) is 0.486. The zero-order valence-electron chi connectivity index (χ0n) is 21.1. The van der Waals surface area contributed by atoms with Crippen molar-refractivity contribution in [3.8, 4) is 11.1 Å². The number of carboxylic acid groups (broad SMARTS) is 1. The summed E-state index contributed by atoms with van der Waals surface area (Å²) in [6.45, 7) is 0. The molecule has 3 aromatic rings. The maximum Gasteiger partial charge on any atom is 0.303 e. The van der Waals surface area contributed by atoms with Crippen molar-refractivity contribution in [3.63, 3.8) is 0 Å². The summed E-state index contributed by atoms with van der Waals surface area (Å²) in [7, 11) is 0. The van der Waals surface area contributed by atoms with Crippen molar-refractivity contribution in [2.75, 3.05) is 4.90 Å². The van der Waals surface area contributed by atoms with Crippen LogP contribution < -0.4 is 4.90 Å². The van der Waals surface area contributed by atoms with Crippen molar-refractivity contribution in [2.45, 2.75) is 63.1 Å². The standard InChI is InChI=1S/C30H30N4O4/c35-27(13-14-28(36)37)33(22-11-12-22)29-23-7-1-2-9-25(23)34(26-10-4-8-24(26)29)30(38)20-6-3-5-19(17-20)21-15-16-31-32-18-21/h1-3,5-7,9,15-18,22,24,26,29H,4,8,10-14H2,(H,36,37)/t24-,26+,29-/m0/s1. The van der Waals surface area contributed by atoms with E-state index in [1.165, 1.54) is 0 Å². The number of carboxylic acids is 1. The third-order valence-corrected chi connectivity index (χ3v) is 8.11. The first kappa shape index (κ1) is 24.3. The molecule has 2 saturated carbocycles. The van der Waals surface area contributed by atoms with Crippen molar-refractivity contribution in [3.05, 3.63) is 78.1 Å². The highest BCUT2D eigenvalue weighted by Gasteiger charge is 2.51. The van der Waals surface area contributed by atoms with Crippen LogP contribution in [0.5, 0.6) is 0 Å². The van der Waals surface area contributed by atoms with Crippen LogP contribution in [0.4, 0.5) is 5.69 Å². The van der Waals surface area contributed by atoms with Gasteiger partial charge in [-0.3, -0.25) is 14.4 Å². The number of aliphatic carboxylic acids is 1. The predicted octanol–water partition coefficient (Wildman–Crippen LogP) is 4.87. The molecule has 2 fully saturated rings. The highest BCUT2D eigenvalue weighted by Crippen LogP contribution is 2.53. The van der Waals surface area contributed by atoms with E-state index in [0.29, 0.717) is 5.56 Å². The molecule has 3 aliphatic rings. The van der Waals surface area contributed by atoms with Crippen LogP contribution in [0.15, 0.2) is 67.0 Å². The van der Waals surface area contributed by atoms with Crippen LogP contribution in [0.1, 0.15) is 66.9 Å². The summed E-state index contributed by atoms with van der Waals surface area (Å²) in [6, 6.07) is 17.4. The summed E-state index contributed by atoms with van der Waals surface area (Å²) in [5, 5.41) is 17.0. The number of amides is 2. The van der Waals surface area contributed by atoms with E-state index >= 15 is 0 Å². The van der Waals surface area contributed by atoms with Gasteiger partial charge in [0.2, 0.25) is 5.91 Å². The topological polar surface area (TPSA) is 104 Å². The second kappa shape index (κ2) is 10.0. The van der Waals surface area contributed by atoms with E-state index in [0.717, 1.165) is 54.5 Å². The molecule has 38 heavy (non-hydrogen) atoms. The Bertz CT molecular complexity index is 1370. The number of nitrogens with zero attached hydrogens (tertiary/aromatic N) is 4. The molecule has 2 heterocycles. The van der Waals surface area contributed by atoms with Gasteiger partial charge in [-0.25, -0.2) is 0 Å². The highest BCUT2D eigenvalue weighted by molar-refractivity contribution is 6.08. The Hall–Kier alpha value is -4.07. The molecule has 1 N–H and O–H groups in total. The molecular formula is C30H30N4O4. The number of benzene rings is 2. The van der Waals surface area contributed by atoms with Crippen LogP contribution in [-0.4, -0.2) is 50.1 Å². The van der Waals surface area contributed by atoms with Crippen LogP contribution in [0.25, 0.3) is 11.1 Å². The van der Waals surface area contributed by atoms with E-state index in [2.05, 4.69) is 10.2 Å². The first-order valence-electron chi connectivity index (χ1n) is 13.4. The van der Waals surface area contributed by atoms with Crippen molar-refractivity contribution in [1.82, 2.24) is 15.1 Å². The van der Waals surface area contributed by atoms with Gasteiger partial charge in [-0.15, -0.1) is 0 Å². The number of fused-ring (bicyclic) bond motifs is 2. The molecule has 0 unspecified atom stereocenters.